The Bertz CT molecular complexity index is 387. The first-order valence-electron chi connectivity index (χ1n) is 5.83. The van der Waals surface area contributed by atoms with Crippen molar-refractivity contribution in [2.45, 2.75) is 18.9 Å². The van der Waals surface area contributed by atoms with Crippen LogP contribution in [0.1, 0.15) is 12.0 Å². The Morgan fingerprint density at radius 1 is 1.44 bits per heavy atom. The van der Waals surface area contributed by atoms with Crippen LogP contribution in [0.4, 0.5) is 0 Å². The molecule has 1 unspecified atom stereocenters. The van der Waals surface area contributed by atoms with E-state index in [9.17, 15) is 4.79 Å². The third-order valence-corrected chi connectivity index (χ3v) is 2.47. The topological polar surface area (TPSA) is 61.5 Å². The molecule has 1 atom stereocenters. The van der Waals surface area contributed by atoms with E-state index in [0.717, 1.165) is 17.7 Å². The van der Waals surface area contributed by atoms with Crippen LogP contribution in [0.2, 0.25) is 0 Å². The maximum absolute atomic E-state index is 11.2. The van der Waals surface area contributed by atoms with Gasteiger partial charge in [0, 0.05) is 0 Å². The number of rotatable bonds is 7. The van der Waals surface area contributed by atoms with Crippen LogP contribution in [-0.2, 0) is 16.0 Å². The molecule has 4 heteroatoms. The van der Waals surface area contributed by atoms with Crippen LogP contribution in [0.5, 0.6) is 5.75 Å². The van der Waals surface area contributed by atoms with Gasteiger partial charge in [-0.1, -0.05) is 18.2 Å². The van der Waals surface area contributed by atoms with Gasteiger partial charge in [0.2, 0.25) is 0 Å². The largest absolute Gasteiger partial charge is 0.493 e. The van der Waals surface area contributed by atoms with Crippen molar-refractivity contribution in [3.63, 3.8) is 0 Å². The Hall–Kier alpha value is -1.81. The lowest BCUT2D eigenvalue weighted by atomic mass is 10.1. The van der Waals surface area contributed by atoms with Gasteiger partial charge in [-0.3, -0.25) is 4.79 Å². The fourth-order valence-electron chi connectivity index (χ4n) is 1.47. The molecule has 0 aliphatic carbocycles. The predicted octanol–water partition coefficient (Wildman–Crippen LogP) is 1.68. The van der Waals surface area contributed by atoms with Crippen molar-refractivity contribution in [1.82, 2.24) is 0 Å². The van der Waals surface area contributed by atoms with Crippen LogP contribution in [0.25, 0.3) is 0 Å². The fraction of sp³-hybridized carbons (Fsp3) is 0.357. The summed E-state index contributed by atoms with van der Waals surface area (Å²) in [6, 6.07) is 6.89. The van der Waals surface area contributed by atoms with E-state index in [1.807, 2.05) is 30.3 Å². The zero-order valence-electron chi connectivity index (χ0n) is 10.6. The highest BCUT2D eigenvalue weighted by Gasteiger charge is 2.13. The number of nitrogens with two attached hydrogens (primary N) is 1. The summed E-state index contributed by atoms with van der Waals surface area (Å²) in [4.78, 5) is 11.2. The summed E-state index contributed by atoms with van der Waals surface area (Å²) in [5, 5.41) is 0. The van der Waals surface area contributed by atoms with E-state index in [2.05, 4.69) is 11.3 Å². The Kier molecular flexibility index (Phi) is 5.94. The van der Waals surface area contributed by atoms with Crippen LogP contribution in [0.3, 0.4) is 0 Å². The smallest absolute Gasteiger partial charge is 0.322 e. The molecule has 1 aromatic carbocycles. The molecule has 0 spiro atoms. The highest BCUT2D eigenvalue weighted by atomic mass is 16.5. The van der Waals surface area contributed by atoms with Crippen molar-refractivity contribution in [3.05, 3.63) is 42.5 Å². The first-order chi connectivity index (χ1) is 8.67. The van der Waals surface area contributed by atoms with Gasteiger partial charge in [-0.25, -0.2) is 0 Å². The van der Waals surface area contributed by atoms with Crippen LogP contribution < -0.4 is 10.5 Å². The summed E-state index contributed by atoms with van der Waals surface area (Å²) in [6.07, 6.45) is 3.08. The van der Waals surface area contributed by atoms with Crippen molar-refractivity contribution in [2.24, 2.45) is 5.73 Å². The predicted molar refractivity (Wildman–Crippen MR) is 70.4 cm³/mol. The zero-order chi connectivity index (χ0) is 13.4. The van der Waals surface area contributed by atoms with Crippen molar-refractivity contribution in [1.29, 1.82) is 0 Å². The number of hydrogen-bond acceptors (Lipinski definition) is 4. The number of ether oxygens (including phenoxy) is 2. The molecule has 18 heavy (non-hydrogen) atoms. The third kappa shape index (κ3) is 4.59. The van der Waals surface area contributed by atoms with Crippen molar-refractivity contribution in [3.8, 4) is 5.75 Å². The molecule has 0 aliphatic heterocycles. The van der Waals surface area contributed by atoms with Gasteiger partial charge < -0.3 is 15.2 Å². The molecular weight excluding hydrogens is 230 g/mol. The third-order valence-electron chi connectivity index (χ3n) is 2.47. The van der Waals surface area contributed by atoms with Gasteiger partial charge in [-0.2, -0.15) is 0 Å². The van der Waals surface area contributed by atoms with Gasteiger partial charge >= 0.3 is 5.97 Å². The lowest BCUT2D eigenvalue weighted by Crippen LogP contribution is -2.33. The quantitative estimate of drug-likeness (QED) is 0.454. The lowest BCUT2D eigenvalue weighted by Gasteiger charge is -2.10. The van der Waals surface area contributed by atoms with E-state index >= 15 is 0 Å². The molecule has 0 saturated carbocycles. The van der Waals surface area contributed by atoms with Crippen molar-refractivity contribution < 1.29 is 14.3 Å². The van der Waals surface area contributed by atoms with Crippen LogP contribution in [0.15, 0.2) is 36.9 Å². The molecule has 4 nitrogen and oxygen atoms in total. The maximum Gasteiger partial charge on any atom is 0.322 e. The molecule has 1 rings (SSSR count). The molecule has 2 N–H and O–H groups in total. The first kappa shape index (κ1) is 14.3. The minimum atomic E-state index is -0.623. The second-order valence-corrected chi connectivity index (χ2v) is 3.90. The summed E-state index contributed by atoms with van der Waals surface area (Å²) < 4.78 is 10.1. The summed E-state index contributed by atoms with van der Waals surface area (Å²) in [7, 11) is 1.33. The molecule has 0 aromatic heterocycles. The average Bonchev–Trinajstić information content (AvgIpc) is 2.40. The highest BCUT2D eigenvalue weighted by molar-refractivity contribution is 5.75. The monoisotopic (exact) mass is 249 g/mol. The number of benzene rings is 1. The van der Waals surface area contributed by atoms with Crippen molar-refractivity contribution >= 4 is 5.97 Å². The van der Waals surface area contributed by atoms with E-state index in [1.54, 1.807) is 0 Å². The number of carbonyl (C=O) groups is 1. The Balaban J connectivity index is 2.49. The first-order valence-corrected chi connectivity index (χ1v) is 5.83. The van der Waals surface area contributed by atoms with E-state index in [0.29, 0.717) is 13.0 Å². The van der Waals surface area contributed by atoms with Gasteiger partial charge in [0.25, 0.3) is 0 Å². The number of carbonyl (C=O) groups excluding carboxylic acids is 1. The average molecular weight is 249 g/mol. The summed E-state index contributed by atoms with van der Waals surface area (Å²) in [5.74, 6) is 0.397. The molecule has 0 radical (unpaired) electrons. The van der Waals surface area contributed by atoms with Gasteiger partial charge in [0.1, 0.15) is 11.8 Å². The second kappa shape index (κ2) is 7.50. The fourth-order valence-corrected chi connectivity index (χ4v) is 1.47. The van der Waals surface area contributed by atoms with E-state index in [1.165, 1.54) is 7.11 Å². The Morgan fingerprint density at radius 2 is 2.11 bits per heavy atom. The Labute approximate surface area is 107 Å². The Morgan fingerprint density at radius 3 is 2.67 bits per heavy atom. The van der Waals surface area contributed by atoms with E-state index in [4.69, 9.17) is 10.5 Å². The van der Waals surface area contributed by atoms with E-state index in [-0.39, 0.29) is 0 Å². The van der Waals surface area contributed by atoms with Crippen LogP contribution >= 0.6 is 0 Å². The van der Waals surface area contributed by atoms with E-state index < -0.39 is 12.0 Å². The second-order valence-electron chi connectivity index (χ2n) is 3.90. The molecule has 0 heterocycles. The van der Waals surface area contributed by atoms with Gasteiger partial charge in [0.05, 0.1) is 13.7 Å². The molecule has 0 fully saturated rings. The number of hydrogen-bond donors (Lipinski definition) is 1. The standard InChI is InChI=1S/C14H19NO3/c1-3-4-9-18-12-7-5-11(6-8-12)10-13(15)14(16)17-2/h3,5-8,13H,1,4,9-10,15H2,2H3. The SMILES string of the molecule is C=CCCOc1ccc(CC(N)C(=O)OC)cc1. The lowest BCUT2D eigenvalue weighted by molar-refractivity contribution is -0.142. The molecule has 0 amide bonds. The summed E-state index contributed by atoms with van der Waals surface area (Å²) >= 11 is 0. The summed E-state index contributed by atoms with van der Waals surface area (Å²) in [5.41, 5.74) is 6.66. The molecule has 1 aromatic rings. The zero-order valence-corrected chi connectivity index (χ0v) is 10.6. The minimum absolute atomic E-state index is 0.402. The van der Waals surface area contributed by atoms with Gasteiger partial charge in [0.15, 0.2) is 0 Å². The normalized spacial score (nSPS) is 11.7. The molecule has 0 bridgehead atoms. The molecule has 0 saturated heterocycles. The number of esters is 1. The molecule has 98 valence electrons. The molecular formula is C14H19NO3. The molecule has 0 aliphatic rings. The summed E-state index contributed by atoms with van der Waals surface area (Å²) in [6.45, 7) is 4.24. The van der Waals surface area contributed by atoms with Crippen LogP contribution in [-0.4, -0.2) is 25.7 Å². The maximum atomic E-state index is 11.2. The highest BCUT2D eigenvalue weighted by Crippen LogP contribution is 2.13. The minimum Gasteiger partial charge on any atom is -0.493 e. The van der Waals surface area contributed by atoms with Gasteiger partial charge in [-0.15, -0.1) is 6.58 Å². The van der Waals surface area contributed by atoms with Gasteiger partial charge in [-0.05, 0) is 30.5 Å². The van der Waals surface area contributed by atoms with Crippen molar-refractivity contribution in [2.75, 3.05) is 13.7 Å². The number of methoxy groups -OCH3 is 1. The van der Waals surface area contributed by atoms with Crippen LogP contribution in [0, 0.1) is 0 Å².